The first-order chi connectivity index (χ1) is 14.0. The van der Waals surface area contributed by atoms with Crippen LogP contribution in [0.15, 0.2) is 52.1 Å². The fourth-order valence-corrected chi connectivity index (χ4v) is 4.06. The molecule has 1 amide bonds. The van der Waals surface area contributed by atoms with Gasteiger partial charge in [-0.2, -0.15) is 18.3 Å². The predicted octanol–water partition coefficient (Wildman–Crippen LogP) is 3.04. The molecule has 0 aliphatic rings. The molecule has 3 aromatic rings. The van der Waals surface area contributed by atoms with E-state index in [4.69, 9.17) is 0 Å². The van der Waals surface area contributed by atoms with E-state index in [1.807, 2.05) is 0 Å². The van der Waals surface area contributed by atoms with Gasteiger partial charge in [0, 0.05) is 25.1 Å². The lowest BCUT2D eigenvalue weighted by Crippen LogP contribution is -2.17. The molecule has 0 fully saturated rings. The van der Waals surface area contributed by atoms with Crippen LogP contribution in [0.25, 0.3) is 0 Å². The monoisotopic (exact) mass is 504 g/mol. The zero-order valence-corrected chi connectivity index (χ0v) is 17.4. The number of halogens is 4. The first kappa shape index (κ1) is 21.7. The third kappa shape index (κ3) is 4.59. The van der Waals surface area contributed by atoms with E-state index in [9.17, 15) is 26.4 Å². The highest BCUT2D eigenvalue weighted by atomic mass is 79.9. The molecule has 14 heteroatoms. The second-order valence-corrected chi connectivity index (χ2v) is 8.26. The van der Waals surface area contributed by atoms with Gasteiger partial charge in [0.25, 0.3) is 15.9 Å². The number of carbonyl (C=O) groups is 1. The minimum Gasteiger partial charge on any atom is -0.321 e. The Hall–Kier alpha value is -3.00. The molecule has 0 aliphatic heterocycles. The van der Waals surface area contributed by atoms with E-state index in [-0.39, 0.29) is 22.2 Å². The normalized spacial score (nSPS) is 11.9. The second-order valence-electron chi connectivity index (χ2n) is 5.79. The first-order valence-corrected chi connectivity index (χ1v) is 10.3. The topological polar surface area (TPSA) is 119 Å². The summed E-state index contributed by atoms with van der Waals surface area (Å²) in [6, 6.07) is 6.51. The molecule has 2 heterocycles. The molecule has 2 aromatic heterocycles. The minimum atomic E-state index is -4.74. The van der Waals surface area contributed by atoms with Crippen LogP contribution in [0.1, 0.15) is 16.2 Å². The molecule has 0 radical (unpaired) electrons. The molecule has 3 rings (SSSR count). The fraction of sp³-hybridized carbons (Fsp3) is 0.125. The summed E-state index contributed by atoms with van der Waals surface area (Å²) in [5, 5.41) is 5.71. The van der Waals surface area contributed by atoms with Crippen LogP contribution in [0.4, 0.5) is 24.8 Å². The van der Waals surface area contributed by atoms with E-state index in [0.29, 0.717) is 0 Å². The zero-order valence-electron chi connectivity index (χ0n) is 15.0. The SMILES string of the molecule is Cn1nc(C(F)(F)F)c(Br)c1C(=O)Nc1ccc(S(=O)(=O)Nc2ncccn2)cc1. The summed E-state index contributed by atoms with van der Waals surface area (Å²) in [5.74, 6) is -0.977. The molecule has 0 bridgehead atoms. The van der Waals surface area contributed by atoms with E-state index in [1.54, 1.807) is 0 Å². The van der Waals surface area contributed by atoms with Gasteiger partial charge < -0.3 is 5.32 Å². The predicted molar refractivity (Wildman–Crippen MR) is 103 cm³/mol. The average molecular weight is 505 g/mol. The van der Waals surface area contributed by atoms with Gasteiger partial charge in [-0.1, -0.05) is 0 Å². The van der Waals surface area contributed by atoms with Crippen LogP contribution < -0.4 is 10.0 Å². The lowest BCUT2D eigenvalue weighted by atomic mass is 10.3. The van der Waals surface area contributed by atoms with E-state index < -0.39 is 32.3 Å². The maximum atomic E-state index is 12.9. The summed E-state index contributed by atoms with van der Waals surface area (Å²) in [4.78, 5) is 19.8. The van der Waals surface area contributed by atoms with Crippen LogP contribution in [0, 0.1) is 0 Å². The molecule has 158 valence electrons. The number of aromatic nitrogens is 4. The fourth-order valence-electron chi connectivity index (χ4n) is 2.36. The van der Waals surface area contributed by atoms with Gasteiger partial charge in [-0.05, 0) is 46.3 Å². The molecular formula is C16H12BrF3N6O3S. The number of rotatable bonds is 5. The summed E-state index contributed by atoms with van der Waals surface area (Å²) in [5.41, 5.74) is -1.41. The van der Waals surface area contributed by atoms with E-state index in [0.717, 1.165) is 4.68 Å². The largest absolute Gasteiger partial charge is 0.436 e. The van der Waals surface area contributed by atoms with E-state index in [2.05, 4.69) is 41.0 Å². The van der Waals surface area contributed by atoms with Crippen molar-refractivity contribution in [1.29, 1.82) is 0 Å². The van der Waals surface area contributed by atoms with Gasteiger partial charge in [-0.25, -0.2) is 23.1 Å². The Morgan fingerprint density at radius 3 is 2.27 bits per heavy atom. The number of alkyl halides is 3. The number of amides is 1. The molecule has 9 nitrogen and oxygen atoms in total. The minimum absolute atomic E-state index is 0.114. The molecular weight excluding hydrogens is 493 g/mol. The smallest absolute Gasteiger partial charge is 0.321 e. The Balaban J connectivity index is 1.78. The molecule has 0 spiro atoms. The number of nitrogens with zero attached hydrogens (tertiary/aromatic N) is 4. The second kappa shape index (κ2) is 8.02. The molecule has 1 aromatic carbocycles. The highest BCUT2D eigenvalue weighted by Crippen LogP contribution is 2.35. The maximum absolute atomic E-state index is 12.9. The van der Waals surface area contributed by atoms with Crippen LogP contribution in [-0.4, -0.2) is 34.1 Å². The van der Waals surface area contributed by atoms with Gasteiger partial charge in [-0.3, -0.25) is 9.48 Å². The quantitative estimate of drug-likeness (QED) is 0.551. The molecule has 2 N–H and O–H groups in total. The van der Waals surface area contributed by atoms with Crippen molar-refractivity contribution in [3.8, 4) is 0 Å². The van der Waals surface area contributed by atoms with Gasteiger partial charge >= 0.3 is 6.18 Å². The zero-order chi connectivity index (χ0) is 22.1. The van der Waals surface area contributed by atoms with Crippen LogP contribution >= 0.6 is 15.9 Å². The third-order valence-electron chi connectivity index (χ3n) is 3.69. The third-order valence-corrected chi connectivity index (χ3v) is 5.78. The highest BCUT2D eigenvalue weighted by Gasteiger charge is 2.39. The number of benzene rings is 1. The van der Waals surface area contributed by atoms with Crippen molar-refractivity contribution in [2.24, 2.45) is 7.05 Å². The Labute approximate surface area is 176 Å². The van der Waals surface area contributed by atoms with Crippen molar-refractivity contribution < 1.29 is 26.4 Å². The van der Waals surface area contributed by atoms with Crippen molar-refractivity contribution in [2.75, 3.05) is 10.0 Å². The molecule has 0 atom stereocenters. The molecule has 0 aliphatic carbocycles. The van der Waals surface area contributed by atoms with Gasteiger partial charge in [0.15, 0.2) is 5.69 Å². The number of nitrogens with one attached hydrogen (secondary N) is 2. The van der Waals surface area contributed by atoms with Gasteiger partial charge in [0.1, 0.15) is 5.69 Å². The van der Waals surface area contributed by atoms with Crippen molar-refractivity contribution in [3.63, 3.8) is 0 Å². The van der Waals surface area contributed by atoms with Crippen molar-refractivity contribution in [2.45, 2.75) is 11.1 Å². The molecule has 0 saturated carbocycles. The lowest BCUT2D eigenvalue weighted by Gasteiger charge is -2.09. The summed E-state index contributed by atoms with van der Waals surface area (Å²) in [7, 11) is -2.78. The van der Waals surface area contributed by atoms with E-state index in [1.165, 1.54) is 49.8 Å². The number of sulfonamides is 1. The lowest BCUT2D eigenvalue weighted by molar-refractivity contribution is -0.142. The summed E-state index contributed by atoms with van der Waals surface area (Å²) in [6.07, 6.45) is -2.00. The van der Waals surface area contributed by atoms with Crippen molar-refractivity contribution in [1.82, 2.24) is 19.7 Å². The van der Waals surface area contributed by atoms with Crippen LogP contribution in [0.3, 0.4) is 0 Å². The van der Waals surface area contributed by atoms with Crippen LogP contribution in [0.2, 0.25) is 0 Å². The van der Waals surface area contributed by atoms with E-state index >= 15 is 0 Å². The van der Waals surface area contributed by atoms with Gasteiger partial charge in [-0.15, -0.1) is 0 Å². The molecule has 30 heavy (non-hydrogen) atoms. The Bertz CT molecular complexity index is 1180. The summed E-state index contributed by atoms with van der Waals surface area (Å²) >= 11 is 2.76. The molecule has 0 unspecified atom stereocenters. The number of carbonyl (C=O) groups excluding carboxylic acids is 1. The maximum Gasteiger partial charge on any atom is 0.436 e. The Morgan fingerprint density at radius 1 is 1.13 bits per heavy atom. The number of anilines is 2. The van der Waals surface area contributed by atoms with Gasteiger partial charge in [0.2, 0.25) is 5.95 Å². The van der Waals surface area contributed by atoms with Gasteiger partial charge in [0.05, 0.1) is 9.37 Å². The van der Waals surface area contributed by atoms with Crippen LogP contribution in [-0.2, 0) is 23.2 Å². The Morgan fingerprint density at radius 2 is 1.73 bits per heavy atom. The highest BCUT2D eigenvalue weighted by molar-refractivity contribution is 9.10. The first-order valence-electron chi connectivity index (χ1n) is 8.00. The summed E-state index contributed by atoms with van der Waals surface area (Å²) < 4.78 is 66.0. The Kier molecular flexibility index (Phi) is 5.81. The summed E-state index contributed by atoms with van der Waals surface area (Å²) in [6.45, 7) is 0. The standard InChI is InChI=1S/C16H12BrF3N6O3S/c1-26-12(11(17)13(24-26)16(18,19)20)14(27)23-9-3-5-10(6-4-9)30(28,29)25-15-21-7-2-8-22-15/h2-8H,1H3,(H,23,27)(H,21,22,25). The van der Waals surface area contributed by atoms with Crippen LogP contribution in [0.5, 0.6) is 0 Å². The number of aryl methyl sites for hydroxylation is 1. The number of hydrogen-bond acceptors (Lipinski definition) is 6. The average Bonchev–Trinajstić information content (AvgIpc) is 2.97. The van der Waals surface area contributed by atoms with Crippen molar-refractivity contribution >= 4 is 43.5 Å². The number of hydrogen-bond donors (Lipinski definition) is 2. The molecule has 0 saturated heterocycles. The van der Waals surface area contributed by atoms with Crippen molar-refractivity contribution in [3.05, 3.63) is 58.6 Å².